The number of furan rings is 1. The quantitative estimate of drug-likeness (QED) is 0.868. The van der Waals surface area contributed by atoms with Crippen molar-refractivity contribution in [3.8, 4) is 6.07 Å². The van der Waals surface area contributed by atoms with Gasteiger partial charge in [-0.1, -0.05) is 6.07 Å². The molecule has 1 aromatic heterocycles. The van der Waals surface area contributed by atoms with E-state index in [1.165, 1.54) is 5.56 Å². The topological polar surface area (TPSA) is 49.0 Å². The second kappa shape index (κ2) is 4.58. The molecular formula is C15H14N2O. The highest BCUT2D eigenvalue weighted by molar-refractivity contribution is 5.51. The van der Waals surface area contributed by atoms with Crippen LogP contribution >= 0.6 is 0 Å². The van der Waals surface area contributed by atoms with Gasteiger partial charge in [-0.25, -0.2) is 0 Å². The molecule has 90 valence electrons. The van der Waals surface area contributed by atoms with Crippen LogP contribution in [0.25, 0.3) is 0 Å². The van der Waals surface area contributed by atoms with Crippen LogP contribution in [0.5, 0.6) is 0 Å². The lowest BCUT2D eigenvalue weighted by Crippen LogP contribution is -2.15. The largest absolute Gasteiger partial charge is 0.469 e. The van der Waals surface area contributed by atoms with Crippen molar-refractivity contribution >= 4 is 5.69 Å². The van der Waals surface area contributed by atoms with Crippen molar-refractivity contribution in [1.82, 2.24) is 0 Å². The molecule has 0 bridgehead atoms. The molecule has 0 saturated heterocycles. The second-order valence-corrected chi connectivity index (χ2v) is 4.58. The van der Waals surface area contributed by atoms with Crippen molar-refractivity contribution in [1.29, 1.82) is 5.26 Å². The Labute approximate surface area is 106 Å². The maximum atomic E-state index is 8.90. The number of fused-ring (bicyclic) bond motifs is 1. The van der Waals surface area contributed by atoms with Gasteiger partial charge in [-0.2, -0.15) is 5.26 Å². The van der Waals surface area contributed by atoms with E-state index in [1.54, 1.807) is 6.26 Å². The van der Waals surface area contributed by atoms with Crippen molar-refractivity contribution < 1.29 is 4.42 Å². The van der Waals surface area contributed by atoms with Gasteiger partial charge in [-0.05, 0) is 37.1 Å². The average Bonchev–Trinajstić information content (AvgIpc) is 2.88. The van der Waals surface area contributed by atoms with Crippen molar-refractivity contribution in [2.45, 2.75) is 25.3 Å². The molecule has 1 atom stereocenters. The molecule has 3 nitrogen and oxygen atoms in total. The van der Waals surface area contributed by atoms with Gasteiger partial charge in [-0.3, -0.25) is 0 Å². The van der Waals surface area contributed by atoms with Gasteiger partial charge < -0.3 is 9.73 Å². The summed E-state index contributed by atoms with van der Waals surface area (Å²) >= 11 is 0. The van der Waals surface area contributed by atoms with Crippen LogP contribution in [0.4, 0.5) is 5.69 Å². The predicted molar refractivity (Wildman–Crippen MR) is 69.2 cm³/mol. The Kier molecular flexibility index (Phi) is 2.77. The van der Waals surface area contributed by atoms with E-state index in [0.29, 0.717) is 11.6 Å². The van der Waals surface area contributed by atoms with Gasteiger partial charge in [0.25, 0.3) is 0 Å². The first-order chi connectivity index (χ1) is 8.86. The highest BCUT2D eigenvalue weighted by Crippen LogP contribution is 2.33. The molecular weight excluding hydrogens is 224 g/mol. The van der Waals surface area contributed by atoms with Gasteiger partial charge >= 0.3 is 0 Å². The van der Waals surface area contributed by atoms with Gasteiger partial charge in [0.05, 0.1) is 23.9 Å². The Balaban J connectivity index is 1.84. The predicted octanol–water partition coefficient (Wildman–Crippen LogP) is 3.64. The molecule has 1 heterocycles. The summed E-state index contributed by atoms with van der Waals surface area (Å²) < 4.78 is 5.48. The summed E-state index contributed by atoms with van der Waals surface area (Å²) in [4.78, 5) is 0. The smallest absolute Gasteiger partial charge is 0.109 e. The summed E-state index contributed by atoms with van der Waals surface area (Å²) in [6.07, 6.45) is 5.02. The number of hydrogen-bond donors (Lipinski definition) is 1. The fourth-order valence-corrected chi connectivity index (χ4v) is 2.52. The van der Waals surface area contributed by atoms with Gasteiger partial charge in [0.15, 0.2) is 0 Å². The highest BCUT2D eigenvalue weighted by atomic mass is 16.3. The van der Waals surface area contributed by atoms with E-state index < -0.39 is 0 Å². The molecule has 1 aliphatic carbocycles. The molecule has 0 spiro atoms. The number of anilines is 1. The van der Waals surface area contributed by atoms with E-state index in [0.717, 1.165) is 30.7 Å². The molecule has 3 heteroatoms. The Bertz CT molecular complexity index is 595. The first-order valence-corrected chi connectivity index (χ1v) is 6.20. The summed E-state index contributed by atoms with van der Waals surface area (Å²) in [5, 5.41) is 12.4. The zero-order chi connectivity index (χ0) is 12.4. The van der Waals surface area contributed by atoms with E-state index in [2.05, 4.69) is 11.4 Å². The Morgan fingerprint density at radius 3 is 3.17 bits per heavy atom. The molecule has 1 aliphatic rings. The van der Waals surface area contributed by atoms with Crippen LogP contribution in [0.1, 0.15) is 35.8 Å². The first kappa shape index (κ1) is 10.9. The minimum atomic E-state index is 0.293. The summed E-state index contributed by atoms with van der Waals surface area (Å²) in [5.41, 5.74) is 2.93. The monoisotopic (exact) mass is 238 g/mol. The third-order valence-corrected chi connectivity index (χ3v) is 3.38. The van der Waals surface area contributed by atoms with Crippen molar-refractivity contribution in [2.75, 3.05) is 5.32 Å². The van der Waals surface area contributed by atoms with Gasteiger partial charge in [0.1, 0.15) is 5.76 Å². The van der Waals surface area contributed by atoms with Crippen molar-refractivity contribution in [3.05, 3.63) is 53.5 Å². The van der Waals surface area contributed by atoms with E-state index >= 15 is 0 Å². The summed E-state index contributed by atoms with van der Waals surface area (Å²) in [6.45, 7) is 0. The molecule has 3 rings (SSSR count). The summed E-state index contributed by atoms with van der Waals surface area (Å²) in [5.74, 6) is 1.09. The van der Waals surface area contributed by atoms with Crippen LogP contribution in [-0.2, 0) is 6.42 Å². The molecule has 1 aromatic carbocycles. The van der Waals surface area contributed by atoms with Crippen LogP contribution in [0, 0.1) is 11.3 Å². The normalized spacial score (nSPS) is 17.8. The lowest BCUT2D eigenvalue weighted by molar-refractivity contribution is 0.461. The van der Waals surface area contributed by atoms with Crippen LogP contribution in [0.15, 0.2) is 41.0 Å². The molecule has 0 saturated carbocycles. The molecule has 1 unspecified atom stereocenters. The van der Waals surface area contributed by atoms with Gasteiger partial charge in [0.2, 0.25) is 0 Å². The lowest BCUT2D eigenvalue weighted by atomic mass is 9.93. The van der Waals surface area contributed by atoms with E-state index in [9.17, 15) is 0 Å². The fraction of sp³-hybridized carbons (Fsp3) is 0.267. The fourth-order valence-electron chi connectivity index (χ4n) is 2.52. The standard InChI is InChI=1S/C15H14N2O/c16-10-11-3-1-4-12(9-11)17-14-5-2-6-15-13(14)7-8-18-15/h1,3-4,7-9,14,17H,2,5-6H2. The number of nitriles is 1. The molecule has 0 amide bonds. The number of nitrogens with zero attached hydrogens (tertiary/aromatic N) is 1. The molecule has 18 heavy (non-hydrogen) atoms. The SMILES string of the molecule is N#Cc1cccc(NC2CCCc3occc32)c1. The number of nitrogens with one attached hydrogen (secondary N) is 1. The number of aryl methyl sites for hydroxylation is 1. The maximum Gasteiger partial charge on any atom is 0.109 e. The molecule has 0 aliphatic heterocycles. The van der Waals surface area contributed by atoms with Gasteiger partial charge in [0, 0.05) is 17.7 Å². The molecule has 0 radical (unpaired) electrons. The number of hydrogen-bond acceptors (Lipinski definition) is 3. The Hall–Kier alpha value is -2.21. The Morgan fingerprint density at radius 2 is 2.28 bits per heavy atom. The van der Waals surface area contributed by atoms with E-state index in [-0.39, 0.29) is 0 Å². The average molecular weight is 238 g/mol. The van der Waals surface area contributed by atoms with E-state index in [1.807, 2.05) is 30.3 Å². The van der Waals surface area contributed by atoms with Crippen LogP contribution in [0.2, 0.25) is 0 Å². The van der Waals surface area contributed by atoms with Crippen molar-refractivity contribution in [3.63, 3.8) is 0 Å². The zero-order valence-electron chi connectivity index (χ0n) is 10.0. The molecule has 1 N–H and O–H groups in total. The zero-order valence-corrected chi connectivity index (χ0v) is 10.0. The molecule has 0 fully saturated rings. The Morgan fingerprint density at radius 1 is 1.33 bits per heavy atom. The third-order valence-electron chi connectivity index (χ3n) is 3.38. The summed E-state index contributed by atoms with van der Waals surface area (Å²) in [6, 6.07) is 12.1. The van der Waals surface area contributed by atoms with Crippen molar-refractivity contribution in [2.24, 2.45) is 0 Å². The van der Waals surface area contributed by atoms with Gasteiger partial charge in [-0.15, -0.1) is 0 Å². The molecule has 2 aromatic rings. The first-order valence-electron chi connectivity index (χ1n) is 6.20. The van der Waals surface area contributed by atoms with Crippen LogP contribution in [0.3, 0.4) is 0 Å². The minimum Gasteiger partial charge on any atom is -0.469 e. The number of rotatable bonds is 2. The highest BCUT2D eigenvalue weighted by Gasteiger charge is 2.22. The minimum absolute atomic E-state index is 0.293. The lowest BCUT2D eigenvalue weighted by Gasteiger charge is -2.23. The maximum absolute atomic E-state index is 8.90. The van der Waals surface area contributed by atoms with Crippen LogP contribution < -0.4 is 5.32 Å². The van der Waals surface area contributed by atoms with E-state index in [4.69, 9.17) is 9.68 Å². The summed E-state index contributed by atoms with van der Waals surface area (Å²) in [7, 11) is 0. The number of benzene rings is 1. The second-order valence-electron chi connectivity index (χ2n) is 4.58. The third kappa shape index (κ3) is 1.98. The van der Waals surface area contributed by atoms with Crippen LogP contribution in [-0.4, -0.2) is 0 Å².